The fourth-order valence-corrected chi connectivity index (χ4v) is 3.64. The molecule has 2 heterocycles. The predicted octanol–water partition coefficient (Wildman–Crippen LogP) is 7.31. The van der Waals surface area contributed by atoms with Gasteiger partial charge in [-0.3, -0.25) is 9.78 Å². The molecular formula is C29H31IrN2O3-. The van der Waals surface area contributed by atoms with Gasteiger partial charge in [0.2, 0.25) is 0 Å². The molecule has 0 aliphatic rings. The fourth-order valence-electron chi connectivity index (χ4n) is 3.64. The quantitative estimate of drug-likeness (QED) is 0.143. The molecule has 6 heteroatoms. The Hall–Kier alpha value is -3.08. The molecule has 0 atom stereocenters. The zero-order chi connectivity index (χ0) is 25.0. The van der Waals surface area contributed by atoms with Gasteiger partial charge < -0.3 is 9.52 Å². The van der Waals surface area contributed by atoms with Crippen molar-refractivity contribution >= 4 is 16.9 Å². The summed E-state index contributed by atoms with van der Waals surface area (Å²) in [5.41, 5.74) is 7.96. The molecule has 0 fully saturated rings. The number of ketones is 1. The first kappa shape index (κ1) is 28.2. The van der Waals surface area contributed by atoms with E-state index in [1.807, 2.05) is 13.0 Å². The van der Waals surface area contributed by atoms with Gasteiger partial charge in [-0.25, -0.2) is 4.98 Å². The molecule has 0 spiro atoms. The van der Waals surface area contributed by atoms with Gasteiger partial charge in [0.1, 0.15) is 23.2 Å². The van der Waals surface area contributed by atoms with E-state index in [0.717, 1.165) is 33.7 Å². The number of carbonyl (C=O) groups excluding carboxylic acids is 1. The van der Waals surface area contributed by atoms with Gasteiger partial charge in [0, 0.05) is 43.5 Å². The third-order valence-electron chi connectivity index (χ3n) is 5.16. The maximum atomic E-state index is 10.0. The van der Waals surface area contributed by atoms with Gasteiger partial charge in [0.15, 0.2) is 5.78 Å². The summed E-state index contributed by atoms with van der Waals surface area (Å²) in [6.45, 7) is 13.6. The first-order valence-corrected chi connectivity index (χ1v) is 11.2. The number of carbonyl (C=O) groups is 1. The largest absolute Gasteiger partial charge is 0.512 e. The first-order valence-electron chi connectivity index (χ1n) is 11.2. The Morgan fingerprint density at radius 2 is 1.69 bits per heavy atom. The van der Waals surface area contributed by atoms with Crippen molar-refractivity contribution in [1.29, 1.82) is 0 Å². The van der Waals surface area contributed by atoms with Crippen LogP contribution in [0.1, 0.15) is 51.3 Å². The molecule has 4 rings (SSSR count). The van der Waals surface area contributed by atoms with Gasteiger partial charge in [-0.1, -0.05) is 58.9 Å². The van der Waals surface area contributed by atoms with Crippen molar-refractivity contribution in [1.82, 2.24) is 9.97 Å². The molecule has 1 radical (unpaired) electrons. The van der Waals surface area contributed by atoms with E-state index in [4.69, 9.17) is 9.52 Å². The van der Waals surface area contributed by atoms with E-state index >= 15 is 0 Å². The van der Waals surface area contributed by atoms with Crippen LogP contribution in [0.25, 0.3) is 33.7 Å². The smallest absolute Gasteiger partial charge is 0.155 e. The van der Waals surface area contributed by atoms with Crippen LogP contribution in [0.2, 0.25) is 0 Å². The van der Waals surface area contributed by atoms with E-state index in [9.17, 15) is 4.79 Å². The minimum atomic E-state index is -0.125. The number of nitrogens with zero attached hydrogens (tertiary/aromatic N) is 2. The number of hydrogen-bond acceptors (Lipinski definition) is 5. The molecule has 4 aromatic rings. The maximum Gasteiger partial charge on any atom is 0.155 e. The topological polar surface area (TPSA) is 76.2 Å². The molecule has 35 heavy (non-hydrogen) atoms. The number of aliphatic hydroxyl groups excluding tert-OH is 1. The summed E-state index contributed by atoms with van der Waals surface area (Å²) >= 11 is 0. The standard InChI is InChI=1S/C24H23N2O.C5H8O2.Ir/c1-15-10-16(2)12-18(11-15)22-23-20(25-14-26-22)13-21(27-23)17-6-8-19(9-7-17)24(3,4)5;1-4(6)3-5(2)7;/h6-11,13-14H,1-5H3;3,6H,1-2H3;/q-1;;/b;4-3-;. The molecule has 0 saturated heterocycles. The number of benzene rings is 2. The molecule has 0 saturated carbocycles. The van der Waals surface area contributed by atoms with E-state index in [1.165, 1.54) is 31.1 Å². The molecule has 0 aliphatic heterocycles. The van der Waals surface area contributed by atoms with Crippen molar-refractivity contribution in [3.63, 3.8) is 0 Å². The molecule has 0 amide bonds. The number of hydrogen-bond donors (Lipinski definition) is 1. The Labute approximate surface area is 220 Å². The van der Waals surface area contributed by atoms with Crippen LogP contribution in [-0.4, -0.2) is 20.9 Å². The van der Waals surface area contributed by atoms with Crippen LogP contribution >= 0.6 is 0 Å². The van der Waals surface area contributed by atoms with E-state index in [0.29, 0.717) is 5.58 Å². The Morgan fingerprint density at radius 1 is 1.03 bits per heavy atom. The van der Waals surface area contributed by atoms with Crippen LogP contribution in [0, 0.1) is 19.9 Å². The van der Waals surface area contributed by atoms with E-state index in [2.05, 4.69) is 80.1 Å². The number of aromatic nitrogens is 2. The number of rotatable bonds is 3. The summed E-state index contributed by atoms with van der Waals surface area (Å²) in [6, 6.07) is 18.1. The summed E-state index contributed by atoms with van der Waals surface area (Å²) in [6.07, 6.45) is 2.76. The maximum absolute atomic E-state index is 10.0. The van der Waals surface area contributed by atoms with Crippen LogP contribution in [0.4, 0.5) is 0 Å². The molecule has 5 nitrogen and oxygen atoms in total. The van der Waals surface area contributed by atoms with Gasteiger partial charge in [0.25, 0.3) is 0 Å². The predicted molar refractivity (Wildman–Crippen MR) is 137 cm³/mol. The van der Waals surface area contributed by atoms with Crippen LogP contribution < -0.4 is 0 Å². The Kier molecular flexibility index (Phi) is 9.31. The average molecular weight is 648 g/mol. The fraction of sp³-hybridized carbons (Fsp3) is 0.276. The SMILES string of the molecule is CC(=O)/C=C(/C)O.Cc1[c-]c(-c2ncnc3cc(-c4ccc(C(C)(C)C)cc4)oc23)cc(C)c1.[Ir]. The van der Waals surface area contributed by atoms with Gasteiger partial charge >= 0.3 is 0 Å². The summed E-state index contributed by atoms with van der Waals surface area (Å²) in [5.74, 6) is 0.740. The molecule has 1 N–H and O–H groups in total. The normalized spacial score (nSPS) is 11.5. The minimum absolute atomic E-state index is 0. The minimum Gasteiger partial charge on any atom is -0.512 e. The van der Waals surface area contributed by atoms with Crippen LogP contribution in [0.5, 0.6) is 0 Å². The second-order valence-corrected chi connectivity index (χ2v) is 9.53. The number of aryl methyl sites for hydroxylation is 2. The molecule has 0 bridgehead atoms. The third kappa shape index (κ3) is 7.45. The van der Waals surface area contributed by atoms with Crippen LogP contribution in [0.3, 0.4) is 0 Å². The van der Waals surface area contributed by atoms with E-state index in [-0.39, 0.29) is 37.1 Å². The van der Waals surface area contributed by atoms with E-state index < -0.39 is 0 Å². The summed E-state index contributed by atoms with van der Waals surface area (Å²) in [4.78, 5) is 18.9. The number of allylic oxidation sites excluding steroid dienone is 2. The number of fused-ring (bicyclic) bond motifs is 1. The summed E-state index contributed by atoms with van der Waals surface area (Å²) in [7, 11) is 0. The van der Waals surface area contributed by atoms with Crippen molar-refractivity contribution < 1.29 is 34.4 Å². The van der Waals surface area contributed by atoms with Crippen LogP contribution in [0.15, 0.2) is 65.0 Å². The van der Waals surface area contributed by atoms with Crippen molar-refractivity contribution in [2.75, 3.05) is 0 Å². The Bertz CT molecular complexity index is 1320. The zero-order valence-corrected chi connectivity index (χ0v) is 23.6. The molecule has 2 aromatic carbocycles. The van der Waals surface area contributed by atoms with Crippen molar-refractivity contribution in [3.8, 4) is 22.6 Å². The van der Waals surface area contributed by atoms with Crippen molar-refractivity contribution in [3.05, 3.63) is 83.4 Å². The molecule has 2 aromatic heterocycles. The zero-order valence-electron chi connectivity index (χ0n) is 21.2. The monoisotopic (exact) mass is 648 g/mol. The van der Waals surface area contributed by atoms with Crippen LogP contribution in [-0.2, 0) is 30.3 Å². The first-order chi connectivity index (χ1) is 15.9. The second kappa shape index (κ2) is 11.6. The molecule has 0 unspecified atom stereocenters. The summed E-state index contributed by atoms with van der Waals surface area (Å²) in [5, 5.41) is 8.36. The van der Waals surface area contributed by atoms with Crippen molar-refractivity contribution in [2.45, 2.75) is 53.9 Å². The molecule has 185 valence electrons. The van der Waals surface area contributed by atoms with Gasteiger partial charge in [0.05, 0.1) is 5.76 Å². The van der Waals surface area contributed by atoms with Gasteiger partial charge in [-0.2, -0.15) is 0 Å². The number of furan rings is 1. The average Bonchev–Trinajstić information content (AvgIpc) is 3.16. The number of aliphatic hydroxyl groups is 1. The van der Waals surface area contributed by atoms with Gasteiger partial charge in [-0.15, -0.1) is 34.9 Å². The molecular weight excluding hydrogens is 617 g/mol. The van der Waals surface area contributed by atoms with Gasteiger partial charge in [-0.05, 0) is 24.8 Å². The third-order valence-corrected chi connectivity index (χ3v) is 5.16. The Morgan fingerprint density at radius 3 is 2.20 bits per heavy atom. The van der Waals surface area contributed by atoms with Crippen molar-refractivity contribution in [2.24, 2.45) is 0 Å². The van der Waals surface area contributed by atoms with E-state index in [1.54, 1.807) is 6.33 Å². The Balaban J connectivity index is 0.000000476. The summed E-state index contributed by atoms with van der Waals surface area (Å²) < 4.78 is 6.20. The second-order valence-electron chi connectivity index (χ2n) is 9.53. The molecule has 0 aliphatic carbocycles.